The fraction of sp³-hybridized carbons (Fsp3) is 0.867. The van der Waals surface area contributed by atoms with E-state index in [0.717, 1.165) is 26.2 Å². The molecule has 126 valence electrons. The first-order chi connectivity index (χ1) is 10.3. The molecular weight excluding hydrogens is 284 g/mol. The molecule has 0 bridgehead atoms. The van der Waals surface area contributed by atoms with Gasteiger partial charge in [0.2, 0.25) is 5.91 Å². The smallest absolute Gasteiger partial charge is 0.324 e. The Bertz CT molecular complexity index is 414. The van der Waals surface area contributed by atoms with Crippen LogP contribution in [0, 0.1) is 5.41 Å². The van der Waals surface area contributed by atoms with Gasteiger partial charge in [0.1, 0.15) is 0 Å². The lowest BCUT2D eigenvalue weighted by Gasteiger charge is -2.37. The second-order valence-electron chi connectivity index (χ2n) is 7.24. The molecule has 22 heavy (non-hydrogen) atoms. The largest absolute Gasteiger partial charge is 0.391 e. The van der Waals surface area contributed by atoms with Crippen molar-refractivity contribution in [3.8, 4) is 0 Å². The van der Waals surface area contributed by atoms with Crippen LogP contribution in [0.5, 0.6) is 0 Å². The summed E-state index contributed by atoms with van der Waals surface area (Å²) in [4.78, 5) is 29.1. The minimum Gasteiger partial charge on any atom is -0.391 e. The lowest BCUT2D eigenvalue weighted by atomic mass is 9.89. The van der Waals surface area contributed by atoms with E-state index in [4.69, 9.17) is 0 Å². The van der Waals surface area contributed by atoms with Crippen molar-refractivity contribution in [1.82, 2.24) is 20.0 Å². The first kappa shape index (κ1) is 17.2. The van der Waals surface area contributed by atoms with Crippen molar-refractivity contribution in [1.29, 1.82) is 0 Å². The van der Waals surface area contributed by atoms with Crippen LogP contribution in [0.15, 0.2) is 0 Å². The molecule has 0 spiro atoms. The van der Waals surface area contributed by atoms with Crippen LogP contribution in [0.2, 0.25) is 0 Å². The van der Waals surface area contributed by atoms with Gasteiger partial charge in [0.25, 0.3) is 0 Å². The number of urea groups is 1. The van der Waals surface area contributed by atoms with Crippen molar-refractivity contribution in [3.63, 3.8) is 0 Å². The Labute approximate surface area is 132 Å². The van der Waals surface area contributed by atoms with Gasteiger partial charge in [-0.1, -0.05) is 20.8 Å². The van der Waals surface area contributed by atoms with Gasteiger partial charge in [-0.05, 0) is 5.41 Å². The summed E-state index contributed by atoms with van der Waals surface area (Å²) >= 11 is 0. The fourth-order valence-electron chi connectivity index (χ4n) is 2.63. The molecule has 2 fully saturated rings. The molecule has 0 radical (unpaired) electrons. The van der Waals surface area contributed by atoms with Gasteiger partial charge in [-0.25, -0.2) is 4.79 Å². The molecule has 2 aliphatic rings. The molecule has 1 atom stereocenters. The van der Waals surface area contributed by atoms with E-state index in [1.807, 2.05) is 20.8 Å². The van der Waals surface area contributed by atoms with E-state index < -0.39 is 0 Å². The number of aliphatic hydroxyl groups excluding tert-OH is 1. The van der Waals surface area contributed by atoms with Crippen LogP contribution < -0.4 is 5.32 Å². The Morgan fingerprint density at radius 2 is 1.77 bits per heavy atom. The van der Waals surface area contributed by atoms with Gasteiger partial charge in [0.15, 0.2) is 0 Å². The molecular formula is C15H28N4O3. The molecule has 7 nitrogen and oxygen atoms in total. The maximum Gasteiger partial charge on any atom is 0.324 e. The molecule has 2 heterocycles. The van der Waals surface area contributed by atoms with Crippen LogP contribution in [-0.4, -0.2) is 90.2 Å². The predicted molar refractivity (Wildman–Crippen MR) is 83.5 cm³/mol. The van der Waals surface area contributed by atoms with Crippen LogP contribution in [0.4, 0.5) is 4.79 Å². The molecule has 0 aromatic heterocycles. The summed E-state index contributed by atoms with van der Waals surface area (Å²) in [6, 6.07) is -0.281. The second-order valence-corrected chi connectivity index (χ2v) is 7.24. The second kappa shape index (κ2) is 6.93. The highest BCUT2D eigenvalue weighted by Gasteiger charge is 2.30. The molecule has 0 aromatic rings. The number of carbonyl (C=O) groups excluding carboxylic acids is 2. The lowest BCUT2D eigenvalue weighted by molar-refractivity contribution is -0.129. The number of nitrogens with one attached hydrogen (secondary N) is 1. The van der Waals surface area contributed by atoms with Crippen LogP contribution >= 0.6 is 0 Å². The SMILES string of the molecule is CC(C)(C)[C@H](O)CN1CCN(CC(=O)N2CCNC2=O)CC1. The molecule has 2 aliphatic heterocycles. The normalized spacial score (nSPS) is 22.7. The number of nitrogens with zero attached hydrogens (tertiary/aromatic N) is 3. The molecule has 2 N–H and O–H groups in total. The van der Waals surface area contributed by atoms with Crippen molar-refractivity contribution in [2.75, 3.05) is 52.4 Å². The first-order valence-corrected chi connectivity index (χ1v) is 7.98. The van der Waals surface area contributed by atoms with Crippen molar-refractivity contribution < 1.29 is 14.7 Å². The van der Waals surface area contributed by atoms with Gasteiger partial charge in [-0.15, -0.1) is 0 Å². The average Bonchev–Trinajstić information content (AvgIpc) is 2.86. The van der Waals surface area contributed by atoms with Crippen molar-refractivity contribution in [2.45, 2.75) is 26.9 Å². The number of aliphatic hydroxyl groups is 1. The van der Waals surface area contributed by atoms with Gasteiger partial charge in [-0.3, -0.25) is 19.5 Å². The third-order valence-corrected chi connectivity index (χ3v) is 4.41. The molecule has 2 rings (SSSR count). The van der Waals surface area contributed by atoms with E-state index in [1.54, 1.807) is 0 Å². The summed E-state index contributed by atoms with van der Waals surface area (Å²) in [5.74, 6) is -0.127. The number of β-amino-alcohol motifs (C(OH)–C–C–N with tert-alkyl or cyclic N) is 1. The third kappa shape index (κ3) is 4.41. The molecule has 0 aromatic carbocycles. The Hall–Kier alpha value is -1.18. The predicted octanol–water partition coefficient (Wildman–Crippen LogP) is -0.437. The zero-order valence-electron chi connectivity index (χ0n) is 13.8. The molecule has 3 amide bonds. The van der Waals surface area contributed by atoms with Crippen LogP contribution in [0.25, 0.3) is 0 Å². The fourth-order valence-corrected chi connectivity index (χ4v) is 2.63. The molecule has 0 aliphatic carbocycles. The van der Waals surface area contributed by atoms with Gasteiger partial charge in [0, 0.05) is 45.8 Å². The van der Waals surface area contributed by atoms with Crippen molar-refractivity contribution >= 4 is 11.9 Å². The van der Waals surface area contributed by atoms with E-state index in [1.165, 1.54) is 4.90 Å². The van der Waals surface area contributed by atoms with E-state index in [9.17, 15) is 14.7 Å². The summed E-state index contributed by atoms with van der Waals surface area (Å²) in [5.41, 5.74) is -0.115. The van der Waals surface area contributed by atoms with Crippen LogP contribution in [0.1, 0.15) is 20.8 Å². The monoisotopic (exact) mass is 312 g/mol. The van der Waals surface area contributed by atoms with Gasteiger partial charge in [0.05, 0.1) is 12.6 Å². The standard InChI is InChI=1S/C15H28N4O3/c1-15(2,3)12(20)10-17-6-8-18(9-7-17)11-13(21)19-5-4-16-14(19)22/h12,20H,4-11H2,1-3H3,(H,16,22)/t12-/m1/s1. The zero-order valence-corrected chi connectivity index (χ0v) is 13.8. The summed E-state index contributed by atoms with van der Waals surface area (Å²) < 4.78 is 0. The summed E-state index contributed by atoms with van der Waals surface area (Å²) in [7, 11) is 0. The minimum atomic E-state index is -0.353. The third-order valence-electron chi connectivity index (χ3n) is 4.41. The van der Waals surface area contributed by atoms with Gasteiger partial charge < -0.3 is 10.4 Å². The van der Waals surface area contributed by atoms with E-state index in [2.05, 4.69) is 15.1 Å². The van der Waals surface area contributed by atoms with Gasteiger partial charge in [-0.2, -0.15) is 0 Å². The Kier molecular flexibility index (Phi) is 5.41. The minimum absolute atomic E-state index is 0.115. The number of amides is 3. The molecule has 0 saturated carbocycles. The Balaban J connectivity index is 1.73. The first-order valence-electron chi connectivity index (χ1n) is 7.98. The van der Waals surface area contributed by atoms with Crippen LogP contribution in [-0.2, 0) is 4.79 Å². The maximum absolute atomic E-state index is 12.1. The highest BCUT2D eigenvalue weighted by atomic mass is 16.3. The maximum atomic E-state index is 12.1. The summed E-state index contributed by atoms with van der Waals surface area (Å²) in [6.45, 7) is 11.3. The summed E-state index contributed by atoms with van der Waals surface area (Å²) in [6.07, 6.45) is -0.353. The topological polar surface area (TPSA) is 76.1 Å². The van der Waals surface area contributed by atoms with E-state index >= 15 is 0 Å². The van der Waals surface area contributed by atoms with Crippen molar-refractivity contribution in [2.24, 2.45) is 5.41 Å². The quantitative estimate of drug-likeness (QED) is 0.736. The van der Waals surface area contributed by atoms with Crippen LogP contribution in [0.3, 0.4) is 0 Å². The van der Waals surface area contributed by atoms with Crippen molar-refractivity contribution in [3.05, 3.63) is 0 Å². The average molecular weight is 312 g/mol. The number of piperazine rings is 1. The molecule has 7 heteroatoms. The van der Waals surface area contributed by atoms with Gasteiger partial charge >= 0.3 is 6.03 Å². The number of hydrogen-bond donors (Lipinski definition) is 2. The number of hydrogen-bond acceptors (Lipinski definition) is 5. The van der Waals surface area contributed by atoms with E-state index in [0.29, 0.717) is 26.2 Å². The zero-order chi connectivity index (χ0) is 16.3. The highest BCUT2D eigenvalue weighted by molar-refractivity contribution is 5.96. The number of rotatable bonds is 4. The summed E-state index contributed by atoms with van der Waals surface area (Å²) in [5, 5.41) is 12.8. The van der Waals surface area contributed by atoms with E-state index in [-0.39, 0.29) is 23.5 Å². The molecule has 2 saturated heterocycles. The number of carbonyl (C=O) groups is 2. The Morgan fingerprint density at radius 1 is 1.18 bits per heavy atom. The lowest BCUT2D eigenvalue weighted by Crippen LogP contribution is -2.52. The molecule has 0 unspecified atom stereocenters. The Morgan fingerprint density at radius 3 is 2.27 bits per heavy atom. The number of imide groups is 1. The highest BCUT2D eigenvalue weighted by Crippen LogP contribution is 2.20.